The molecule has 8 heteroatoms. The zero-order valence-electron chi connectivity index (χ0n) is 11.4. The number of hydrogen-bond donors (Lipinski definition) is 2. The number of hydrogen-bond acceptors (Lipinski definition) is 3. The first-order valence-corrected chi connectivity index (χ1v) is 7.19. The highest BCUT2D eigenvalue weighted by Crippen LogP contribution is 2.40. The maximum Gasteiger partial charge on any atom is 0.314 e. The van der Waals surface area contributed by atoms with E-state index in [-0.39, 0.29) is 10.6 Å². The van der Waals surface area contributed by atoms with E-state index in [2.05, 4.69) is 10.1 Å². The summed E-state index contributed by atoms with van der Waals surface area (Å²) in [5.74, 6) is -1.64. The molecule has 0 bridgehead atoms. The lowest BCUT2D eigenvalue weighted by molar-refractivity contribution is -0.140. The number of nitrogens with one attached hydrogen (secondary N) is 1. The number of fused-ring (bicyclic) bond motifs is 1. The molecule has 2 atom stereocenters. The van der Waals surface area contributed by atoms with Gasteiger partial charge in [-0.05, 0) is 18.6 Å². The zero-order valence-corrected chi connectivity index (χ0v) is 12.9. The molecule has 1 aliphatic rings. The molecule has 0 spiro atoms. The van der Waals surface area contributed by atoms with Gasteiger partial charge in [-0.25, -0.2) is 4.99 Å². The first-order valence-electron chi connectivity index (χ1n) is 6.43. The molecule has 2 unspecified atom stereocenters. The Bertz CT molecular complexity index is 853. The Hall–Kier alpha value is -2.05. The third-order valence-electron chi connectivity index (χ3n) is 3.64. The van der Waals surface area contributed by atoms with Crippen molar-refractivity contribution in [2.24, 2.45) is 10.9 Å². The lowest BCUT2D eigenvalue weighted by Crippen LogP contribution is -2.36. The summed E-state index contributed by atoms with van der Waals surface area (Å²) in [6.07, 6.45) is 0. The van der Waals surface area contributed by atoms with Gasteiger partial charge in [0.1, 0.15) is 5.92 Å². The van der Waals surface area contributed by atoms with E-state index in [0.717, 1.165) is 0 Å². The lowest BCUT2D eigenvalue weighted by atomic mass is 9.88. The molecule has 0 amide bonds. The van der Waals surface area contributed by atoms with Gasteiger partial charge in [-0.1, -0.05) is 35.3 Å². The van der Waals surface area contributed by atoms with Crippen LogP contribution in [0.4, 0.5) is 5.82 Å². The minimum absolute atomic E-state index is 0.260. The Morgan fingerprint density at radius 2 is 2.14 bits per heavy atom. The standard InChI is InChI=1S/C14H11Cl2N3O3/c1-6-11(14(21)22)13(7-3-2-4-8(15)12(7)16)19-9(17-6)5-10(20)18-19/h2-5,11,13H,1H3,(H,18,20)(H,21,22). The quantitative estimate of drug-likeness (QED) is 0.881. The summed E-state index contributed by atoms with van der Waals surface area (Å²) in [6.45, 7) is 1.62. The molecular weight excluding hydrogens is 329 g/mol. The van der Waals surface area contributed by atoms with Crippen LogP contribution in [0.15, 0.2) is 34.1 Å². The number of carboxylic acids is 1. The normalized spacial score (nSPS) is 20.4. The van der Waals surface area contributed by atoms with E-state index in [9.17, 15) is 14.7 Å². The molecule has 114 valence electrons. The molecular formula is C14H11Cl2N3O3. The summed E-state index contributed by atoms with van der Waals surface area (Å²) >= 11 is 12.3. The molecule has 0 radical (unpaired) electrons. The molecule has 0 fully saturated rings. The number of benzene rings is 1. The van der Waals surface area contributed by atoms with E-state index in [1.165, 1.54) is 10.7 Å². The molecule has 2 N–H and O–H groups in total. The average molecular weight is 340 g/mol. The van der Waals surface area contributed by atoms with Crippen LogP contribution in [0.3, 0.4) is 0 Å². The molecule has 3 rings (SSSR count). The number of H-pyrrole nitrogens is 1. The summed E-state index contributed by atoms with van der Waals surface area (Å²) < 4.78 is 1.42. The highest BCUT2D eigenvalue weighted by Gasteiger charge is 2.39. The number of aromatic amines is 1. The van der Waals surface area contributed by atoms with E-state index in [1.54, 1.807) is 25.1 Å². The minimum atomic E-state index is -1.05. The molecule has 1 aromatic heterocycles. The van der Waals surface area contributed by atoms with Crippen molar-refractivity contribution >= 4 is 40.7 Å². The Kier molecular flexibility index (Phi) is 3.58. The first kappa shape index (κ1) is 14.9. The van der Waals surface area contributed by atoms with Crippen molar-refractivity contribution in [3.8, 4) is 0 Å². The van der Waals surface area contributed by atoms with Crippen LogP contribution in [0.25, 0.3) is 0 Å². The minimum Gasteiger partial charge on any atom is -0.481 e. The molecule has 0 aliphatic carbocycles. The number of nitrogens with zero attached hydrogens (tertiary/aromatic N) is 2. The molecule has 0 saturated heterocycles. The number of aliphatic carboxylic acids is 1. The van der Waals surface area contributed by atoms with Gasteiger partial charge in [-0.15, -0.1) is 0 Å². The van der Waals surface area contributed by atoms with Gasteiger partial charge < -0.3 is 5.11 Å². The third-order valence-corrected chi connectivity index (χ3v) is 4.47. The summed E-state index contributed by atoms with van der Waals surface area (Å²) in [5, 5.41) is 12.7. The maximum atomic E-state index is 11.7. The van der Waals surface area contributed by atoms with Crippen LogP contribution in [0.2, 0.25) is 10.0 Å². The van der Waals surface area contributed by atoms with Crippen molar-refractivity contribution in [2.45, 2.75) is 13.0 Å². The van der Waals surface area contributed by atoms with Gasteiger partial charge in [0.25, 0.3) is 5.56 Å². The first-order chi connectivity index (χ1) is 10.4. The van der Waals surface area contributed by atoms with Gasteiger partial charge in [0.15, 0.2) is 5.82 Å². The van der Waals surface area contributed by atoms with Crippen LogP contribution in [-0.4, -0.2) is 26.6 Å². The highest BCUT2D eigenvalue weighted by molar-refractivity contribution is 6.42. The molecule has 2 aromatic rings. The summed E-state index contributed by atoms with van der Waals surface area (Å²) in [5.41, 5.74) is 0.553. The lowest BCUT2D eigenvalue weighted by Gasteiger charge is -2.30. The topological polar surface area (TPSA) is 87.5 Å². The van der Waals surface area contributed by atoms with Gasteiger partial charge in [0.2, 0.25) is 0 Å². The van der Waals surface area contributed by atoms with Crippen molar-refractivity contribution in [1.82, 2.24) is 9.78 Å². The monoisotopic (exact) mass is 339 g/mol. The Morgan fingerprint density at radius 3 is 2.82 bits per heavy atom. The number of halogens is 2. The van der Waals surface area contributed by atoms with E-state index >= 15 is 0 Å². The summed E-state index contributed by atoms with van der Waals surface area (Å²) in [6, 6.07) is 5.58. The molecule has 22 heavy (non-hydrogen) atoms. The largest absolute Gasteiger partial charge is 0.481 e. The number of carbonyl (C=O) groups is 1. The van der Waals surface area contributed by atoms with Gasteiger partial charge >= 0.3 is 5.97 Å². The van der Waals surface area contributed by atoms with Crippen LogP contribution in [0.1, 0.15) is 18.5 Å². The van der Waals surface area contributed by atoms with Crippen LogP contribution < -0.4 is 5.56 Å². The molecule has 1 aliphatic heterocycles. The van der Waals surface area contributed by atoms with Crippen molar-refractivity contribution < 1.29 is 9.90 Å². The van der Waals surface area contributed by atoms with Gasteiger partial charge in [0.05, 0.1) is 16.1 Å². The van der Waals surface area contributed by atoms with Crippen LogP contribution in [0.5, 0.6) is 0 Å². The second kappa shape index (κ2) is 5.30. The maximum absolute atomic E-state index is 11.7. The van der Waals surface area contributed by atoms with Gasteiger partial charge in [0, 0.05) is 11.8 Å². The predicted molar refractivity (Wildman–Crippen MR) is 83.5 cm³/mol. The highest BCUT2D eigenvalue weighted by atomic mass is 35.5. The molecule has 6 nitrogen and oxygen atoms in total. The van der Waals surface area contributed by atoms with Crippen LogP contribution in [0, 0.1) is 5.92 Å². The fraction of sp³-hybridized carbons (Fsp3) is 0.214. The van der Waals surface area contributed by atoms with Crippen LogP contribution >= 0.6 is 23.2 Å². The number of aliphatic imine (C=N–C) groups is 1. The Balaban J connectivity index is 2.29. The van der Waals surface area contributed by atoms with E-state index in [0.29, 0.717) is 22.1 Å². The second-order valence-corrected chi connectivity index (χ2v) is 5.79. The van der Waals surface area contributed by atoms with Crippen molar-refractivity contribution in [1.29, 1.82) is 0 Å². The van der Waals surface area contributed by atoms with Gasteiger partial charge in [-0.2, -0.15) is 0 Å². The zero-order chi connectivity index (χ0) is 16.0. The molecule has 1 aromatic carbocycles. The van der Waals surface area contributed by atoms with Crippen molar-refractivity contribution in [3.05, 3.63) is 50.2 Å². The van der Waals surface area contributed by atoms with Gasteiger partial charge in [-0.3, -0.25) is 19.4 Å². The summed E-state index contributed by atoms with van der Waals surface area (Å²) in [4.78, 5) is 27.5. The Morgan fingerprint density at radius 1 is 1.41 bits per heavy atom. The Labute approximate surface area is 135 Å². The number of aromatic nitrogens is 2. The molecule has 0 saturated carbocycles. The smallest absolute Gasteiger partial charge is 0.314 e. The van der Waals surface area contributed by atoms with Crippen molar-refractivity contribution in [2.75, 3.05) is 0 Å². The third kappa shape index (κ3) is 2.24. The van der Waals surface area contributed by atoms with Crippen LogP contribution in [-0.2, 0) is 4.79 Å². The van der Waals surface area contributed by atoms with E-state index in [1.807, 2.05) is 0 Å². The fourth-order valence-corrected chi connectivity index (χ4v) is 3.12. The van der Waals surface area contributed by atoms with Crippen molar-refractivity contribution in [3.63, 3.8) is 0 Å². The average Bonchev–Trinajstić information content (AvgIpc) is 2.80. The SMILES string of the molecule is CC1=Nc2cc(=O)[nH]n2C(c2cccc(Cl)c2Cl)C1C(=O)O. The number of rotatable bonds is 2. The van der Waals surface area contributed by atoms with E-state index < -0.39 is 17.9 Å². The van der Waals surface area contributed by atoms with E-state index in [4.69, 9.17) is 23.2 Å². The fourth-order valence-electron chi connectivity index (χ4n) is 2.70. The molecule has 2 heterocycles. The second-order valence-electron chi connectivity index (χ2n) is 5.01. The summed E-state index contributed by atoms with van der Waals surface area (Å²) in [7, 11) is 0. The predicted octanol–water partition coefficient (Wildman–Crippen LogP) is 2.88. The number of carboxylic acid groups (broad SMARTS) is 1.